The molecule has 1 amide bonds. The Labute approximate surface area is 168 Å². The van der Waals surface area contributed by atoms with Crippen molar-refractivity contribution in [2.24, 2.45) is 0 Å². The number of hydrogen-bond donors (Lipinski definition) is 1. The predicted molar refractivity (Wildman–Crippen MR) is 109 cm³/mol. The molecule has 1 aromatic carbocycles. The molecule has 0 spiro atoms. The molecule has 148 valence electrons. The molecule has 1 N–H and O–H groups in total. The summed E-state index contributed by atoms with van der Waals surface area (Å²) < 4.78 is 9.10. The number of ether oxygens (including phenoxy) is 1. The summed E-state index contributed by atoms with van der Waals surface area (Å²) in [7, 11) is 0. The van der Waals surface area contributed by atoms with E-state index in [0.717, 1.165) is 22.7 Å². The van der Waals surface area contributed by atoms with E-state index in [1.165, 1.54) is 11.8 Å². The largest absolute Gasteiger partial charge is 0.471 e. The number of rotatable bonds is 5. The molecule has 4 rings (SSSR count). The molecule has 0 fully saturated rings. The molecule has 0 bridgehead atoms. The van der Waals surface area contributed by atoms with Crippen LogP contribution < -0.4 is 10.1 Å². The van der Waals surface area contributed by atoms with Crippen molar-refractivity contribution in [2.45, 2.75) is 34.4 Å². The Hall–Kier alpha value is -3.68. The topological polar surface area (TPSA) is 86.3 Å². The molecule has 0 unspecified atom stereocenters. The molecule has 0 saturated heterocycles. The standard InChI is InChI=1S/C21H22N6O2/c1-13-5-6-19(14(2)7-13)29-12-26-11-17(9-22-26)25-21(28)18-10-23-27-16(4)8-15(3)24-20(18)27/h5-11H,12H2,1-4H3,(H,25,28). The molecule has 0 radical (unpaired) electrons. The second-order valence-corrected chi connectivity index (χ2v) is 7.10. The van der Waals surface area contributed by atoms with Gasteiger partial charge in [0.2, 0.25) is 0 Å². The first kappa shape index (κ1) is 18.7. The zero-order chi connectivity index (χ0) is 20.5. The zero-order valence-corrected chi connectivity index (χ0v) is 16.8. The van der Waals surface area contributed by atoms with Crippen LogP contribution in [0.4, 0.5) is 5.69 Å². The van der Waals surface area contributed by atoms with Gasteiger partial charge < -0.3 is 10.1 Å². The van der Waals surface area contributed by atoms with Crippen LogP contribution in [0.1, 0.15) is 32.9 Å². The molecule has 8 nitrogen and oxygen atoms in total. The smallest absolute Gasteiger partial charge is 0.261 e. The lowest BCUT2D eigenvalue weighted by Crippen LogP contribution is -2.12. The van der Waals surface area contributed by atoms with Crippen molar-refractivity contribution in [1.82, 2.24) is 24.4 Å². The average Bonchev–Trinajstić information content (AvgIpc) is 3.28. The van der Waals surface area contributed by atoms with Crippen molar-refractivity contribution in [2.75, 3.05) is 5.32 Å². The summed E-state index contributed by atoms with van der Waals surface area (Å²) >= 11 is 0. The van der Waals surface area contributed by atoms with E-state index in [0.29, 0.717) is 16.9 Å². The Morgan fingerprint density at radius 2 is 1.93 bits per heavy atom. The lowest BCUT2D eigenvalue weighted by molar-refractivity contribution is 0.102. The minimum atomic E-state index is -0.285. The van der Waals surface area contributed by atoms with Gasteiger partial charge in [0.1, 0.15) is 11.3 Å². The van der Waals surface area contributed by atoms with Crippen molar-refractivity contribution < 1.29 is 9.53 Å². The summed E-state index contributed by atoms with van der Waals surface area (Å²) in [6, 6.07) is 7.93. The molecule has 0 aliphatic carbocycles. The molecule has 3 aromatic heterocycles. The molecular formula is C21H22N6O2. The van der Waals surface area contributed by atoms with Crippen molar-refractivity contribution in [1.29, 1.82) is 0 Å². The number of nitrogens with one attached hydrogen (secondary N) is 1. The van der Waals surface area contributed by atoms with Crippen LogP contribution in [0.3, 0.4) is 0 Å². The quantitative estimate of drug-likeness (QED) is 0.564. The summed E-state index contributed by atoms with van der Waals surface area (Å²) in [6.07, 6.45) is 4.83. The minimum absolute atomic E-state index is 0.246. The van der Waals surface area contributed by atoms with Gasteiger partial charge in [0.05, 0.1) is 24.3 Å². The number of anilines is 1. The molecular weight excluding hydrogens is 368 g/mol. The number of aryl methyl sites for hydroxylation is 4. The van der Waals surface area contributed by atoms with E-state index in [1.54, 1.807) is 21.6 Å². The predicted octanol–water partition coefficient (Wildman–Crippen LogP) is 3.45. The molecule has 0 aliphatic rings. The van der Waals surface area contributed by atoms with E-state index < -0.39 is 0 Å². The molecule has 29 heavy (non-hydrogen) atoms. The van der Waals surface area contributed by atoms with Crippen molar-refractivity contribution >= 4 is 17.2 Å². The maximum atomic E-state index is 12.7. The van der Waals surface area contributed by atoms with E-state index in [2.05, 4.69) is 26.6 Å². The normalized spacial score (nSPS) is 11.0. The molecule has 0 saturated carbocycles. The van der Waals surface area contributed by atoms with Gasteiger partial charge in [0, 0.05) is 11.4 Å². The van der Waals surface area contributed by atoms with Crippen LogP contribution >= 0.6 is 0 Å². The third-order valence-electron chi connectivity index (χ3n) is 4.60. The van der Waals surface area contributed by atoms with Crippen molar-refractivity contribution in [3.8, 4) is 5.75 Å². The van der Waals surface area contributed by atoms with Crippen molar-refractivity contribution in [3.63, 3.8) is 0 Å². The number of nitrogens with zero attached hydrogens (tertiary/aromatic N) is 5. The summed E-state index contributed by atoms with van der Waals surface area (Å²) in [5.74, 6) is 0.521. The summed E-state index contributed by atoms with van der Waals surface area (Å²) in [4.78, 5) is 17.1. The number of carbonyl (C=O) groups is 1. The Bertz CT molecular complexity index is 1210. The molecule has 4 aromatic rings. The van der Waals surface area contributed by atoms with Gasteiger partial charge in [-0.3, -0.25) is 4.79 Å². The van der Waals surface area contributed by atoms with Crippen LogP contribution in [-0.2, 0) is 6.73 Å². The van der Waals surface area contributed by atoms with Gasteiger partial charge in [-0.1, -0.05) is 17.7 Å². The number of carbonyl (C=O) groups excluding carboxylic acids is 1. The van der Waals surface area contributed by atoms with Crippen LogP contribution in [0.25, 0.3) is 5.65 Å². The van der Waals surface area contributed by atoms with Gasteiger partial charge in [-0.2, -0.15) is 10.2 Å². The van der Waals surface area contributed by atoms with Gasteiger partial charge >= 0.3 is 0 Å². The fourth-order valence-corrected chi connectivity index (χ4v) is 3.22. The Balaban J connectivity index is 1.46. The highest BCUT2D eigenvalue weighted by Crippen LogP contribution is 2.19. The Morgan fingerprint density at radius 3 is 2.72 bits per heavy atom. The maximum Gasteiger partial charge on any atom is 0.261 e. The van der Waals surface area contributed by atoms with E-state index in [4.69, 9.17) is 4.74 Å². The average molecular weight is 390 g/mol. The van der Waals surface area contributed by atoms with Gasteiger partial charge in [-0.25, -0.2) is 14.2 Å². The van der Waals surface area contributed by atoms with Gasteiger partial charge in [-0.15, -0.1) is 0 Å². The fourth-order valence-electron chi connectivity index (χ4n) is 3.22. The van der Waals surface area contributed by atoms with Crippen LogP contribution in [0.5, 0.6) is 5.75 Å². The van der Waals surface area contributed by atoms with Crippen LogP contribution in [0.2, 0.25) is 0 Å². The Kier molecular flexibility index (Phi) is 4.75. The number of aromatic nitrogens is 5. The first-order valence-electron chi connectivity index (χ1n) is 9.26. The lowest BCUT2D eigenvalue weighted by atomic mass is 10.1. The van der Waals surface area contributed by atoms with E-state index in [-0.39, 0.29) is 12.6 Å². The first-order chi connectivity index (χ1) is 13.9. The highest BCUT2D eigenvalue weighted by Gasteiger charge is 2.16. The maximum absolute atomic E-state index is 12.7. The first-order valence-corrected chi connectivity index (χ1v) is 9.26. The monoisotopic (exact) mass is 390 g/mol. The van der Waals surface area contributed by atoms with Gasteiger partial charge in [-0.05, 0) is 45.4 Å². The van der Waals surface area contributed by atoms with E-state index in [1.807, 2.05) is 45.9 Å². The number of amides is 1. The van der Waals surface area contributed by atoms with E-state index in [9.17, 15) is 4.79 Å². The number of benzene rings is 1. The van der Waals surface area contributed by atoms with Gasteiger partial charge in [0.15, 0.2) is 12.4 Å². The third-order valence-corrected chi connectivity index (χ3v) is 4.60. The molecule has 0 aliphatic heterocycles. The van der Waals surface area contributed by atoms with Crippen LogP contribution in [0.15, 0.2) is 42.9 Å². The van der Waals surface area contributed by atoms with Crippen LogP contribution in [-0.4, -0.2) is 30.3 Å². The second-order valence-electron chi connectivity index (χ2n) is 7.10. The van der Waals surface area contributed by atoms with Crippen molar-refractivity contribution in [3.05, 3.63) is 70.9 Å². The Morgan fingerprint density at radius 1 is 1.10 bits per heavy atom. The third kappa shape index (κ3) is 3.82. The SMILES string of the molecule is Cc1ccc(OCn2cc(NC(=O)c3cnn4c(C)cc(C)nc34)cn2)c(C)c1. The number of fused-ring (bicyclic) bond motifs is 1. The zero-order valence-electron chi connectivity index (χ0n) is 16.8. The lowest BCUT2D eigenvalue weighted by Gasteiger charge is -2.09. The second kappa shape index (κ2) is 7.38. The minimum Gasteiger partial charge on any atom is -0.471 e. The highest BCUT2D eigenvalue weighted by atomic mass is 16.5. The molecule has 0 atom stereocenters. The highest BCUT2D eigenvalue weighted by molar-refractivity contribution is 6.08. The summed E-state index contributed by atoms with van der Waals surface area (Å²) in [6.45, 7) is 8.11. The molecule has 8 heteroatoms. The molecule has 3 heterocycles. The fraction of sp³-hybridized carbons (Fsp3) is 0.238. The summed E-state index contributed by atoms with van der Waals surface area (Å²) in [5.41, 5.74) is 5.52. The van der Waals surface area contributed by atoms with E-state index >= 15 is 0 Å². The van der Waals surface area contributed by atoms with Crippen LogP contribution in [0, 0.1) is 27.7 Å². The summed E-state index contributed by atoms with van der Waals surface area (Å²) in [5, 5.41) is 11.3. The van der Waals surface area contributed by atoms with Gasteiger partial charge in [0.25, 0.3) is 5.91 Å². The number of hydrogen-bond acceptors (Lipinski definition) is 5.